The maximum absolute atomic E-state index is 13.6. The number of nitrogens with two attached hydrogens (primary N) is 1. The Morgan fingerprint density at radius 1 is 1.00 bits per heavy atom. The molecule has 0 amide bonds. The van der Waals surface area contributed by atoms with Crippen LogP contribution in [0.1, 0.15) is 38.2 Å². The molecule has 1 aliphatic heterocycles. The van der Waals surface area contributed by atoms with E-state index in [-0.39, 0.29) is 11.2 Å². The Balaban J connectivity index is 1.96. The maximum atomic E-state index is 13.6. The fourth-order valence-corrected chi connectivity index (χ4v) is 4.90. The quantitative estimate of drug-likeness (QED) is 0.695. The van der Waals surface area contributed by atoms with Gasteiger partial charge in [-0.1, -0.05) is 19.9 Å². The van der Waals surface area contributed by atoms with Crippen molar-refractivity contribution in [3.05, 3.63) is 70.7 Å². The van der Waals surface area contributed by atoms with E-state index in [4.69, 9.17) is 19.9 Å². The van der Waals surface area contributed by atoms with Gasteiger partial charge in [-0.05, 0) is 53.8 Å². The molecule has 1 heterocycles. The molecule has 2 aromatic carbocycles. The number of hydrogen-bond donors (Lipinski definition) is 1. The van der Waals surface area contributed by atoms with Gasteiger partial charge in [-0.25, -0.2) is 0 Å². The Morgan fingerprint density at radius 2 is 1.68 bits per heavy atom. The van der Waals surface area contributed by atoms with E-state index < -0.39 is 5.92 Å². The van der Waals surface area contributed by atoms with Crippen molar-refractivity contribution in [3.63, 3.8) is 0 Å². The maximum Gasteiger partial charge on any atom is 0.162 e. The van der Waals surface area contributed by atoms with Crippen LogP contribution >= 0.6 is 0 Å². The molecule has 0 fully saturated rings. The summed E-state index contributed by atoms with van der Waals surface area (Å²) < 4.78 is 16.2. The summed E-state index contributed by atoms with van der Waals surface area (Å²) >= 11 is 0. The van der Waals surface area contributed by atoms with Crippen LogP contribution in [0.4, 0.5) is 5.69 Å². The number of Topliss-reactive ketones (excluding diaryl/α,β-unsaturated/α-hetero) is 1. The van der Waals surface area contributed by atoms with Crippen molar-refractivity contribution in [3.8, 4) is 23.3 Å². The predicted molar refractivity (Wildman–Crippen MR) is 130 cm³/mol. The average Bonchev–Trinajstić information content (AvgIpc) is 2.82. The Kier molecular flexibility index (Phi) is 6.01. The van der Waals surface area contributed by atoms with E-state index in [1.165, 1.54) is 0 Å². The van der Waals surface area contributed by atoms with Crippen LogP contribution in [0.15, 0.2) is 65.1 Å². The van der Waals surface area contributed by atoms with Gasteiger partial charge in [-0.3, -0.25) is 9.69 Å². The number of nitrogens with zero attached hydrogens (tertiary/aromatic N) is 2. The molecule has 0 radical (unpaired) electrons. The Bertz CT molecular complexity index is 1240. The summed E-state index contributed by atoms with van der Waals surface area (Å²) in [7, 11) is 4.73. The van der Waals surface area contributed by atoms with Crippen molar-refractivity contribution in [2.45, 2.75) is 32.6 Å². The number of benzene rings is 2. The lowest BCUT2D eigenvalue weighted by molar-refractivity contribution is -0.118. The lowest BCUT2D eigenvalue weighted by Gasteiger charge is -2.43. The molecule has 4 rings (SSSR count). The van der Waals surface area contributed by atoms with E-state index in [9.17, 15) is 10.1 Å². The highest BCUT2D eigenvalue weighted by Crippen LogP contribution is 2.51. The minimum absolute atomic E-state index is 0.0183. The van der Waals surface area contributed by atoms with Gasteiger partial charge in [-0.2, -0.15) is 5.26 Å². The first-order valence-electron chi connectivity index (χ1n) is 11.1. The number of ketones is 1. The number of allylic oxidation sites excluding steroid dienone is 3. The summed E-state index contributed by atoms with van der Waals surface area (Å²) in [4.78, 5) is 15.5. The van der Waals surface area contributed by atoms with Gasteiger partial charge in [-0.15, -0.1) is 0 Å². The van der Waals surface area contributed by atoms with E-state index >= 15 is 0 Å². The van der Waals surface area contributed by atoms with Crippen molar-refractivity contribution in [2.24, 2.45) is 11.1 Å². The number of hydrogen-bond acceptors (Lipinski definition) is 7. The van der Waals surface area contributed by atoms with Crippen molar-refractivity contribution in [2.75, 3.05) is 26.2 Å². The van der Waals surface area contributed by atoms with E-state index in [1.807, 2.05) is 41.3 Å². The number of rotatable bonds is 5. The van der Waals surface area contributed by atoms with Gasteiger partial charge in [0.1, 0.15) is 11.6 Å². The van der Waals surface area contributed by atoms with Gasteiger partial charge in [0.2, 0.25) is 0 Å². The topological polar surface area (TPSA) is 97.8 Å². The summed E-state index contributed by atoms with van der Waals surface area (Å²) in [6.07, 6.45) is 1.04. The minimum Gasteiger partial charge on any atom is -0.497 e. The van der Waals surface area contributed by atoms with Crippen LogP contribution in [-0.4, -0.2) is 27.1 Å². The van der Waals surface area contributed by atoms with Gasteiger partial charge in [0.15, 0.2) is 17.3 Å². The van der Waals surface area contributed by atoms with Gasteiger partial charge in [0.05, 0.1) is 38.9 Å². The minimum atomic E-state index is -0.585. The lowest BCUT2D eigenvalue weighted by Crippen LogP contribution is -2.42. The Labute approximate surface area is 200 Å². The highest BCUT2D eigenvalue weighted by molar-refractivity contribution is 6.01. The number of nitriles is 1. The molecular formula is C27H29N3O4. The summed E-state index contributed by atoms with van der Waals surface area (Å²) in [6.45, 7) is 4.15. The van der Waals surface area contributed by atoms with Crippen LogP contribution in [0, 0.1) is 16.7 Å². The molecule has 34 heavy (non-hydrogen) atoms. The summed E-state index contributed by atoms with van der Waals surface area (Å²) in [5.41, 5.74) is 9.72. The average molecular weight is 460 g/mol. The van der Waals surface area contributed by atoms with Crippen molar-refractivity contribution >= 4 is 11.5 Å². The van der Waals surface area contributed by atoms with E-state index in [1.54, 1.807) is 27.4 Å². The van der Waals surface area contributed by atoms with Crippen LogP contribution in [0.2, 0.25) is 0 Å². The molecular weight excluding hydrogens is 430 g/mol. The molecule has 176 valence electrons. The van der Waals surface area contributed by atoms with Crippen LogP contribution in [0.3, 0.4) is 0 Å². The van der Waals surface area contributed by atoms with Gasteiger partial charge < -0.3 is 19.9 Å². The molecule has 1 unspecified atom stereocenters. The van der Waals surface area contributed by atoms with Crippen molar-refractivity contribution in [1.82, 2.24) is 0 Å². The molecule has 1 aliphatic carbocycles. The molecule has 7 heteroatoms. The standard InChI is InChI=1S/C27H29N3O4/c1-27(2)13-20-25(21(31)14-27)24(16-6-11-22(33-4)23(12-16)34-5)19(15-28)26(29)30(20)17-7-9-18(32-3)10-8-17/h6-12,24H,13-14,29H2,1-5H3. The lowest BCUT2D eigenvalue weighted by atomic mass is 9.68. The van der Waals surface area contributed by atoms with Crippen molar-refractivity contribution < 1.29 is 19.0 Å². The summed E-state index contributed by atoms with van der Waals surface area (Å²) in [6, 6.07) is 15.2. The fourth-order valence-electron chi connectivity index (χ4n) is 4.90. The predicted octanol–water partition coefficient (Wildman–Crippen LogP) is 4.65. The molecule has 0 spiro atoms. The third kappa shape index (κ3) is 3.86. The van der Waals surface area contributed by atoms with E-state index in [0.29, 0.717) is 47.1 Å². The van der Waals surface area contributed by atoms with E-state index in [0.717, 1.165) is 16.9 Å². The molecule has 2 N–H and O–H groups in total. The second-order valence-electron chi connectivity index (χ2n) is 9.29. The molecule has 2 aromatic rings. The number of anilines is 1. The molecule has 0 saturated heterocycles. The fraction of sp³-hybridized carbons (Fsp3) is 0.333. The van der Waals surface area contributed by atoms with Crippen LogP contribution in [0.25, 0.3) is 0 Å². The molecule has 0 aromatic heterocycles. The summed E-state index contributed by atoms with van der Waals surface area (Å²) in [5, 5.41) is 10.2. The number of carbonyl (C=O) groups is 1. The number of ether oxygens (including phenoxy) is 3. The zero-order chi connectivity index (χ0) is 24.6. The zero-order valence-electron chi connectivity index (χ0n) is 20.1. The first kappa shape index (κ1) is 23.2. The summed E-state index contributed by atoms with van der Waals surface area (Å²) in [5.74, 6) is 1.56. The van der Waals surface area contributed by atoms with Crippen LogP contribution in [0.5, 0.6) is 17.2 Å². The zero-order valence-corrected chi connectivity index (χ0v) is 20.1. The second-order valence-corrected chi connectivity index (χ2v) is 9.29. The van der Waals surface area contributed by atoms with E-state index in [2.05, 4.69) is 19.9 Å². The molecule has 0 bridgehead atoms. The molecule has 7 nitrogen and oxygen atoms in total. The van der Waals surface area contributed by atoms with Gasteiger partial charge in [0, 0.05) is 23.4 Å². The highest BCUT2D eigenvalue weighted by Gasteiger charge is 2.44. The Morgan fingerprint density at radius 3 is 2.26 bits per heavy atom. The van der Waals surface area contributed by atoms with Gasteiger partial charge in [0.25, 0.3) is 0 Å². The normalized spacial score (nSPS) is 19.5. The smallest absolute Gasteiger partial charge is 0.162 e. The monoisotopic (exact) mass is 459 g/mol. The Hall–Kier alpha value is -3.92. The molecule has 1 atom stereocenters. The molecule has 0 saturated carbocycles. The van der Waals surface area contributed by atoms with Crippen LogP contribution in [-0.2, 0) is 4.79 Å². The van der Waals surface area contributed by atoms with Crippen molar-refractivity contribution in [1.29, 1.82) is 5.26 Å². The SMILES string of the molecule is COc1ccc(N2C(N)=C(C#N)C(c3ccc(OC)c(OC)c3)C3=C2CC(C)(C)CC3=O)cc1. The number of methoxy groups -OCH3 is 3. The first-order chi connectivity index (χ1) is 16.2. The second kappa shape index (κ2) is 8.79. The number of carbonyl (C=O) groups excluding carboxylic acids is 1. The highest BCUT2D eigenvalue weighted by atomic mass is 16.5. The third-order valence-corrected chi connectivity index (χ3v) is 6.45. The first-order valence-corrected chi connectivity index (χ1v) is 11.1. The largest absolute Gasteiger partial charge is 0.497 e. The van der Waals surface area contributed by atoms with Gasteiger partial charge >= 0.3 is 0 Å². The molecule has 2 aliphatic rings. The third-order valence-electron chi connectivity index (χ3n) is 6.45. The van der Waals surface area contributed by atoms with Crippen LogP contribution < -0.4 is 24.8 Å².